The Morgan fingerprint density at radius 1 is 1.44 bits per heavy atom. The van der Waals surface area contributed by atoms with E-state index in [1.54, 1.807) is 0 Å². The highest BCUT2D eigenvalue weighted by atomic mass is 19.4. The molecule has 0 aromatic heterocycles. The molecule has 0 saturated carbocycles. The summed E-state index contributed by atoms with van der Waals surface area (Å²) in [5.41, 5.74) is 5.28. The minimum Gasteiger partial charge on any atom is -0.481 e. The molecule has 6 heteroatoms. The van der Waals surface area contributed by atoms with Crippen molar-refractivity contribution >= 4 is 5.97 Å². The highest BCUT2D eigenvalue weighted by Gasteiger charge is 2.35. The molecule has 100 valence electrons. The van der Waals surface area contributed by atoms with Gasteiger partial charge in [0.05, 0.1) is 5.56 Å². The zero-order valence-corrected chi connectivity index (χ0v) is 9.79. The lowest BCUT2D eigenvalue weighted by atomic mass is 9.93. The molecule has 3 nitrogen and oxygen atoms in total. The van der Waals surface area contributed by atoms with Crippen LogP contribution in [0.4, 0.5) is 13.2 Å². The predicted molar refractivity (Wildman–Crippen MR) is 60.0 cm³/mol. The number of carboxylic acids is 1. The number of carboxylic acid groups (broad SMARTS) is 1. The summed E-state index contributed by atoms with van der Waals surface area (Å²) in [7, 11) is 0. The summed E-state index contributed by atoms with van der Waals surface area (Å²) in [6.45, 7) is 1.53. The Bertz CT molecular complexity index is 443. The van der Waals surface area contributed by atoms with Crippen molar-refractivity contribution in [3.8, 4) is 0 Å². The van der Waals surface area contributed by atoms with Crippen molar-refractivity contribution in [1.82, 2.24) is 0 Å². The summed E-state index contributed by atoms with van der Waals surface area (Å²) < 4.78 is 38.4. The van der Waals surface area contributed by atoms with Gasteiger partial charge in [-0.15, -0.1) is 0 Å². The molecule has 1 aromatic carbocycles. The first-order chi connectivity index (χ1) is 8.23. The smallest absolute Gasteiger partial charge is 0.416 e. The maximum absolute atomic E-state index is 12.8. The third-order valence-corrected chi connectivity index (χ3v) is 2.67. The van der Waals surface area contributed by atoms with Gasteiger partial charge in [-0.2, -0.15) is 13.2 Å². The molecular weight excluding hydrogens is 247 g/mol. The molecule has 0 aliphatic heterocycles. The van der Waals surface area contributed by atoms with E-state index >= 15 is 0 Å². The molecule has 1 atom stereocenters. The highest BCUT2D eigenvalue weighted by Crippen LogP contribution is 2.36. The number of benzene rings is 1. The molecule has 0 bridgehead atoms. The van der Waals surface area contributed by atoms with Gasteiger partial charge in [0.2, 0.25) is 0 Å². The number of halogens is 3. The van der Waals surface area contributed by atoms with Crippen molar-refractivity contribution in [2.75, 3.05) is 0 Å². The first-order valence-corrected chi connectivity index (χ1v) is 5.37. The van der Waals surface area contributed by atoms with E-state index in [0.29, 0.717) is 5.56 Å². The summed E-state index contributed by atoms with van der Waals surface area (Å²) >= 11 is 0. The third-order valence-electron chi connectivity index (χ3n) is 2.67. The van der Waals surface area contributed by atoms with E-state index < -0.39 is 23.8 Å². The number of aliphatic carboxylic acids is 1. The van der Waals surface area contributed by atoms with Crippen LogP contribution in [0.2, 0.25) is 0 Å². The lowest BCUT2D eigenvalue weighted by Crippen LogP contribution is -2.19. The van der Waals surface area contributed by atoms with E-state index in [-0.39, 0.29) is 18.4 Å². The van der Waals surface area contributed by atoms with Gasteiger partial charge in [0.15, 0.2) is 0 Å². The molecular formula is C12H14F3NO2. The molecule has 0 aliphatic carbocycles. The molecule has 0 fully saturated rings. The van der Waals surface area contributed by atoms with Crippen LogP contribution >= 0.6 is 0 Å². The Morgan fingerprint density at radius 2 is 2.06 bits per heavy atom. The van der Waals surface area contributed by atoms with Gasteiger partial charge >= 0.3 is 12.1 Å². The van der Waals surface area contributed by atoms with Crippen LogP contribution in [0.3, 0.4) is 0 Å². The van der Waals surface area contributed by atoms with Crippen LogP contribution in [-0.2, 0) is 11.0 Å². The third kappa shape index (κ3) is 3.46. The van der Waals surface area contributed by atoms with Gasteiger partial charge in [-0.25, -0.2) is 0 Å². The average Bonchev–Trinajstić information content (AvgIpc) is 2.24. The fourth-order valence-corrected chi connectivity index (χ4v) is 1.84. The number of aryl methyl sites for hydroxylation is 1. The molecule has 0 spiro atoms. The predicted octanol–water partition coefficient (Wildman–Crippen LogP) is 2.88. The molecule has 0 amide bonds. The Labute approximate surface area is 102 Å². The van der Waals surface area contributed by atoms with Gasteiger partial charge in [0.1, 0.15) is 0 Å². The second-order valence-electron chi connectivity index (χ2n) is 4.07. The molecule has 0 heterocycles. The topological polar surface area (TPSA) is 63.3 Å². The van der Waals surface area contributed by atoms with Crippen molar-refractivity contribution in [2.45, 2.75) is 32.0 Å². The second-order valence-corrected chi connectivity index (χ2v) is 4.07. The summed E-state index contributed by atoms with van der Waals surface area (Å²) in [5.74, 6) is -1.08. The van der Waals surface area contributed by atoms with E-state index in [1.807, 2.05) is 0 Å². The minimum absolute atomic E-state index is 0.0220. The molecule has 1 aromatic rings. The number of nitrogens with two attached hydrogens (primary N) is 1. The van der Waals surface area contributed by atoms with Gasteiger partial charge in [-0.05, 0) is 30.5 Å². The summed E-state index contributed by atoms with van der Waals surface area (Å²) in [5, 5.41) is 8.53. The summed E-state index contributed by atoms with van der Waals surface area (Å²) in [6, 6.07) is 2.87. The minimum atomic E-state index is -4.48. The fourth-order valence-electron chi connectivity index (χ4n) is 1.84. The SMILES string of the molecule is Cc1cccc(C(F)(F)F)c1C(N)CCC(=O)O. The lowest BCUT2D eigenvalue weighted by molar-refractivity contribution is -0.138. The number of carbonyl (C=O) groups is 1. The largest absolute Gasteiger partial charge is 0.481 e. The quantitative estimate of drug-likeness (QED) is 0.876. The Hall–Kier alpha value is -1.56. The molecule has 0 saturated heterocycles. The van der Waals surface area contributed by atoms with Gasteiger partial charge < -0.3 is 10.8 Å². The van der Waals surface area contributed by atoms with Crippen molar-refractivity contribution in [3.63, 3.8) is 0 Å². The van der Waals surface area contributed by atoms with Crippen molar-refractivity contribution < 1.29 is 23.1 Å². The Morgan fingerprint density at radius 3 is 2.56 bits per heavy atom. The van der Waals surface area contributed by atoms with Crippen molar-refractivity contribution in [1.29, 1.82) is 0 Å². The van der Waals surface area contributed by atoms with Crippen LogP contribution < -0.4 is 5.73 Å². The highest BCUT2D eigenvalue weighted by molar-refractivity contribution is 5.66. The summed E-state index contributed by atoms with van der Waals surface area (Å²) in [6.07, 6.45) is -4.77. The zero-order chi connectivity index (χ0) is 13.9. The normalized spacial score (nSPS) is 13.4. The lowest BCUT2D eigenvalue weighted by Gasteiger charge is -2.20. The first kappa shape index (κ1) is 14.5. The van der Waals surface area contributed by atoms with Crippen LogP contribution in [0.1, 0.15) is 35.6 Å². The van der Waals surface area contributed by atoms with Gasteiger partial charge in [-0.3, -0.25) is 4.79 Å². The molecule has 0 radical (unpaired) electrons. The summed E-state index contributed by atoms with van der Waals surface area (Å²) in [4.78, 5) is 10.4. The number of hydrogen-bond acceptors (Lipinski definition) is 2. The van der Waals surface area contributed by atoms with Crippen LogP contribution in [0.15, 0.2) is 18.2 Å². The van der Waals surface area contributed by atoms with Crippen LogP contribution in [0.5, 0.6) is 0 Å². The van der Waals surface area contributed by atoms with E-state index in [0.717, 1.165) is 6.07 Å². The number of alkyl halides is 3. The van der Waals surface area contributed by atoms with Gasteiger partial charge in [-0.1, -0.05) is 12.1 Å². The molecule has 1 unspecified atom stereocenters. The zero-order valence-electron chi connectivity index (χ0n) is 9.79. The second kappa shape index (κ2) is 5.39. The Kier molecular flexibility index (Phi) is 4.34. The van der Waals surface area contributed by atoms with Crippen molar-refractivity contribution in [3.05, 3.63) is 34.9 Å². The van der Waals surface area contributed by atoms with Crippen molar-refractivity contribution in [2.24, 2.45) is 5.73 Å². The average molecular weight is 261 g/mol. The first-order valence-electron chi connectivity index (χ1n) is 5.37. The van der Waals surface area contributed by atoms with E-state index in [2.05, 4.69) is 0 Å². The molecule has 1 rings (SSSR count). The molecule has 18 heavy (non-hydrogen) atoms. The molecule has 0 aliphatic rings. The van der Waals surface area contributed by atoms with Crippen LogP contribution in [-0.4, -0.2) is 11.1 Å². The number of hydrogen-bond donors (Lipinski definition) is 2. The van der Waals surface area contributed by atoms with E-state index in [1.165, 1.54) is 19.1 Å². The Balaban J connectivity index is 3.10. The molecule has 3 N–H and O–H groups in total. The monoisotopic (exact) mass is 261 g/mol. The number of rotatable bonds is 4. The maximum atomic E-state index is 12.8. The van der Waals surface area contributed by atoms with Gasteiger partial charge in [0.25, 0.3) is 0 Å². The van der Waals surface area contributed by atoms with Crippen LogP contribution in [0, 0.1) is 6.92 Å². The van der Waals surface area contributed by atoms with Crippen LogP contribution in [0.25, 0.3) is 0 Å². The van der Waals surface area contributed by atoms with Gasteiger partial charge in [0, 0.05) is 12.5 Å². The fraction of sp³-hybridized carbons (Fsp3) is 0.417. The standard InChI is InChI=1S/C12H14F3NO2/c1-7-3-2-4-8(12(13,14)15)11(7)9(16)5-6-10(17)18/h2-4,9H,5-6,16H2,1H3,(H,17,18). The van der Waals surface area contributed by atoms with E-state index in [4.69, 9.17) is 10.8 Å². The maximum Gasteiger partial charge on any atom is 0.416 e. The van der Waals surface area contributed by atoms with E-state index in [9.17, 15) is 18.0 Å².